The van der Waals surface area contributed by atoms with E-state index in [1.54, 1.807) is 6.20 Å². The van der Waals surface area contributed by atoms with Crippen LogP contribution in [0.5, 0.6) is 0 Å². The Morgan fingerprint density at radius 2 is 2.12 bits per heavy atom. The Labute approximate surface area is 158 Å². The number of aryl methyl sites for hydroxylation is 3. The van der Waals surface area contributed by atoms with E-state index in [4.69, 9.17) is 4.98 Å². The van der Waals surface area contributed by atoms with Crippen molar-refractivity contribution in [2.75, 3.05) is 31.1 Å². The second-order valence-electron chi connectivity index (χ2n) is 7.80. The predicted octanol–water partition coefficient (Wildman–Crippen LogP) is 2.71. The minimum absolute atomic E-state index is 0.112. The lowest BCUT2D eigenvalue weighted by atomic mass is 9.83. The molecule has 4 heterocycles. The van der Waals surface area contributed by atoms with Crippen molar-refractivity contribution in [3.63, 3.8) is 0 Å². The van der Waals surface area contributed by atoms with Gasteiger partial charge in [0.15, 0.2) is 0 Å². The average Bonchev–Trinajstić information content (AvgIpc) is 3.25. The zero-order valence-corrected chi connectivity index (χ0v) is 16.6. The largest absolute Gasteiger partial charge is 0.356 e. The van der Waals surface area contributed by atoms with Crippen LogP contribution < -0.4 is 4.90 Å². The Kier molecular flexibility index (Phi) is 4.22. The van der Waals surface area contributed by atoms with Gasteiger partial charge >= 0.3 is 0 Å². The summed E-state index contributed by atoms with van der Waals surface area (Å²) in [6.45, 7) is 11.8. The molecule has 0 N–H and O–H groups in total. The molecule has 0 aromatic carbocycles. The van der Waals surface area contributed by atoms with Gasteiger partial charge in [0.05, 0.1) is 11.2 Å². The molecule has 2 atom stereocenters. The maximum atomic E-state index is 12.8. The highest BCUT2D eigenvalue weighted by Crippen LogP contribution is 2.43. The lowest BCUT2D eigenvalue weighted by Gasteiger charge is -2.26. The molecule has 6 nitrogen and oxygen atoms in total. The van der Waals surface area contributed by atoms with Gasteiger partial charge in [0.1, 0.15) is 16.5 Å². The van der Waals surface area contributed by atoms with Crippen molar-refractivity contribution in [2.45, 2.75) is 34.1 Å². The number of amides is 1. The van der Waals surface area contributed by atoms with Crippen molar-refractivity contribution in [1.29, 1.82) is 0 Å². The molecule has 1 amide bonds. The number of anilines is 1. The average molecular weight is 372 g/mol. The fourth-order valence-electron chi connectivity index (χ4n) is 4.22. The van der Waals surface area contributed by atoms with Gasteiger partial charge in [-0.1, -0.05) is 13.8 Å². The minimum Gasteiger partial charge on any atom is -0.356 e. The number of hydrogen-bond acceptors (Lipinski definition) is 6. The van der Waals surface area contributed by atoms with Gasteiger partial charge in [-0.25, -0.2) is 15.0 Å². The Balaban J connectivity index is 1.50. The van der Waals surface area contributed by atoms with Crippen LogP contribution in [0.15, 0.2) is 12.3 Å². The van der Waals surface area contributed by atoms with E-state index in [-0.39, 0.29) is 11.3 Å². The van der Waals surface area contributed by atoms with Crippen LogP contribution in [0.2, 0.25) is 0 Å². The Bertz CT molecular complexity index is 850. The number of fused-ring (bicyclic) bond motifs is 1. The molecular formula is C19H25N5OS. The zero-order valence-electron chi connectivity index (χ0n) is 15.8. The van der Waals surface area contributed by atoms with Crippen molar-refractivity contribution < 1.29 is 4.79 Å². The maximum Gasteiger partial charge on any atom is 0.265 e. The van der Waals surface area contributed by atoms with Crippen LogP contribution in [0.1, 0.15) is 40.0 Å². The lowest BCUT2D eigenvalue weighted by Crippen LogP contribution is -2.35. The summed E-state index contributed by atoms with van der Waals surface area (Å²) in [5, 5.41) is 0.941. The molecular weight excluding hydrogens is 346 g/mol. The number of hydrogen-bond donors (Lipinski definition) is 0. The van der Waals surface area contributed by atoms with Gasteiger partial charge in [-0.15, -0.1) is 11.3 Å². The van der Waals surface area contributed by atoms with Crippen molar-refractivity contribution in [3.05, 3.63) is 33.7 Å². The second kappa shape index (κ2) is 6.30. The lowest BCUT2D eigenvalue weighted by molar-refractivity contribution is 0.0779. The zero-order chi connectivity index (χ0) is 18.5. The highest BCUT2D eigenvalue weighted by molar-refractivity contribution is 7.13. The molecule has 0 unspecified atom stereocenters. The van der Waals surface area contributed by atoms with Gasteiger partial charge in [0.25, 0.3) is 5.91 Å². The third kappa shape index (κ3) is 2.98. The standard InChI is InChI=1S/C19H25N5OS/c1-5-16-21-12(2)6-17(22-16)23-8-14-9-24(11-19(14,4)10-23)18(25)15-7-20-13(3)26-15/h6-7,14H,5,8-11H2,1-4H3/t14-,19+/m1/s1. The number of carbonyl (C=O) groups is 1. The Morgan fingerprint density at radius 1 is 1.31 bits per heavy atom. The van der Waals surface area contributed by atoms with E-state index in [0.717, 1.165) is 59.8 Å². The SMILES string of the molecule is CCc1nc(C)cc(N2C[C@@H]3CN(C(=O)c4cnc(C)s4)C[C@]3(C)C2)n1. The van der Waals surface area contributed by atoms with Gasteiger partial charge in [-0.3, -0.25) is 4.79 Å². The summed E-state index contributed by atoms with van der Waals surface area (Å²) in [4.78, 5) is 31.3. The number of nitrogens with zero attached hydrogens (tertiary/aromatic N) is 5. The summed E-state index contributed by atoms with van der Waals surface area (Å²) < 4.78 is 0. The first-order valence-electron chi connectivity index (χ1n) is 9.19. The van der Waals surface area contributed by atoms with Crippen LogP contribution in [-0.2, 0) is 6.42 Å². The Morgan fingerprint density at radius 3 is 2.77 bits per heavy atom. The van der Waals surface area contributed by atoms with Gasteiger partial charge < -0.3 is 9.80 Å². The molecule has 0 saturated carbocycles. The summed E-state index contributed by atoms with van der Waals surface area (Å²) in [5.41, 5.74) is 1.13. The summed E-state index contributed by atoms with van der Waals surface area (Å²) in [6, 6.07) is 2.08. The van der Waals surface area contributed by atoms with Gasteiger partial charge in [-0.2, -0.15) is 0 Å². The van der Waals surface area contributed by atoms with Crippen LogP contribution in [0, 0.1) is 25.2 Å². The highest BCUT2D eigenvalue weighted by Gasteiger charge is 2.51. The number of likely N-dealkylation sites (tertiary alicyclic amines) is 1. The molecule has 0 radical (unpaired) electrons. The first-order chi connectivity index (χ1) is 12.4. The van der Waals surface area contributed by atoms with E-state index in [1.165, 1.54) is 11.3 Å². The normalized spacial score (nSPS) is 25.0. The van der Waals surface area contributed by atoms with Crippen molar-refractivity contribution >= 4 is 23.1 Å². The molecule has 2 aromatic rings. The van der Waals surface area contributed by atoms with Crippen LogP contribution >= 0.6 is 11.3 Å². The van der Waals surface area contributed by atoms with E-state index < -0.39 is 0 Å². The first kappa shape index (κ1) is 17.4. The molecule has 4 rings (SSSR count). The van der Waals surface area contributed by atoms with Crippen LogP contribution in [0.3, 0.4) is 0 Å². The predicted molar refractivity (Wildman–Crippen MR) is 103 cm³/mol. The molecule has 0 spiro atoms. The summed E-state index contributed by atoms with van der Waals surface area (Å²) >= 11 is 1.48. The fraction of sp³-hybridized carbons (Fsp3) is 0.579. The molecule has 7 heteroatoms. The molecule has 2 aromatic heterocycles. The Hall–Kier alpha value is -2.02. The van der Waals surface area contributed by atoms with Crippen LogP contribution in [-0.4, -0.2) is 51.9 Å². The molecule has 26 heavy (non-hydrogen) atoms. The summed E-state index contributed by atoms with van der Waals surface area (Å²) in [5.74, 6) is 2.53. The molecule has 0 bridgehead atoms. The van der Waals surface area contributed by atoms with Crippen molar-refractivity contribution in [2.24, 2.45) is 11.3 Å². The summed E-state index contributed by atoms with van der Waals surface area (Å²) in [6.07, 6.45) is 2.56. The van der Waals surface area contributed by atoms with E-state index in [1.807, 2.05) is 18.7 Å². The topological polar surface area (TPSA) is 62.2 Å². The van der Waals surface area contributed by atoms with E-state index in [9.17, 15) is 4.79 Å². The third-order valence-electron chi connectivity index (χ3n) is 5.62. The molecule has 2 aliphatic rings. The van der Waals surface area contributed by atoms with Gasteiger partial charge in [0.2, 0.25) is 0 Å². The molecule has 2 saturated heterocycles. The maximum absolute atomic E-state index is 12.8. The number of rotatable bonds is 3. The molecule has 138 valence electrons. The quantitative estimate of drug-likeness (QED) is 0.830. The van der Waals surface area contributed by atoms with Gasteiger partial charge in [-0.05, 0) is 13.8 Å². The number of carbonyl (C=O) groups excluding carboxylic acids is 1. The molecule has 0 aliphatic carbocycles. The molecule has 2 fully saturated rings. The second-order valence-corrected chi connectivity index (χ2v) is 9.03. The van der Waals surface area contributed by atoms with Gasteiger partial charge in [0, 0.05) is 55.7 Å². The van der Waals surface area contributed by atoms with Crippen LogP contribution in [0.4, 0.5) is 5.82 Å². The highest BCUT2D eigenvalue weighted by atomic mass is 32.1. The minimum atomic E-state index is 0.112. The van der Waals surface area contributed by atoms with E-state index in [0.29, 0.717) is 5.92 Å². The number of thiazole rings is 1. The summed E-state index contributed by atoms with van der Waals surface area (Å²) in [7, 11) is 0. The van der Waals surface area contributed by atoms with Crippen molar-refractivity contribution in [1.82, 2.24) is 19.9 Å². The third-order valence-corrected chi connectivity index (χ3v) is 6.52. The number of aromatic nitrogens is 3. The first-order valence-corrected chi connectivity index (χ1v) is 10.0. The van der Waals surface area contributed by atoms with E-state index >= 15 is 0 Å². The van der Waals surface area contributed by atoms with Crippen LogP contribution in [0.25, 0.3) is 0 Å². The monoisotopic (exact) mass is 371 g/mol. The fourth-order valence-corrected chi connectivity index (χ4v) is 4.96. The molecule has 2 aliphatic heterocycles. The smallest absolute Gasteiger partial charge is 0.265 e. The van der Waals surface area contributed by atoms with Crippen molar-refractivity contribution in [3.8, 4) is 0 Å². The van der Waals surface area contributed by atoms with E-state index in [2.05, 4.69) is 34.8 Å².